The molecule has 0 aliphatic carbocycles. The molecule has 0 unspecified atom stereocenters. The van der Waals surface area contributed by atoms with Crippen molar-refractivity contribution < 1.29 is 9.18 Å². The third-order valence-electron chi connectivity index (χ3n) is 2.94. The van der Waals surface area contributed by atoms with Crippen molar-refractivity contribution >= 4 is 5.91 Å². The van der Waals surface area contributed by atoms with E-state index in [4.69, 9.17) is 0 Å². The number of halogens is 1. The summed E-state index contributed by atoms with van der Waals surface area (Å²) in [7, 11) is 0. The van der Waals surface area contributed by atoms with Gasteiger partial charge in [0.2, 0.25) is 5.91 Å². The van der Waals surface area contributed by atoms with Crippen molar-refractivity contribution in [2.24, 2.45) is 0 Å². The number of amides is 1. The largest absolute Gasteiger partial charge is 0.350 e. The van der Waals surface area contributed by atoms with Gasteiger partial charge >= 0.3 is 5.69 Å². The maximum Gasteiger partial charge on any atom is 0.328 e. The van der Waals surface area contributed by atoms with E-state index in [2.05, 4.69) is 10.3 Å². The summed E-state index contributed by atoms with van der Waals surface area (Å²) in [5.41, 5.74) is -0.0176. The first-order chi connectivity index (χ1) is 9.95. The van der Waals surface area contributed by atoms with Gasteiger partial charge in [0.05, 0.1) is 0 Å². The fraction of sp³-hybridized carbons (Fsp3) is 0.214. The van der Waals surface area contributed by atoms with Crippen molar-refractivity contribution in [3.8, 4) is 0 Å². The van der Waals surface area contributed by atoms with E-state index >= 15 is 0 Å². The lowest BCUT2D eigenvalue weighted by molar-refractivity contribution is -0.121. The van der Waals surface area contributed by atoms with Gasteiger partial charge < -0.3 is 5.32 Å². The number of aromatic amines is 1. The van der Waals surface area contributed by atoms with Crippen LogP contribution in [0.15, 0.2) is 40.1 Å². The van der Waals surface area contributed by atoms with Gasteiger partial charge in [-0.1, -0.05) is 12.1 Å². The van der Waals surface area contributed by atoms with Gasteiger partial charge in [0.15, 0.2) is 0 Å². The van der Waals surface area contributed by atoms with Crippen LogP contribution in [-0.2, 0) is 17.9 Å². The highest BCUT2D eigenvalue weighted by molar-refractivity contribution is 5.75. The number of nitrogens with zero attached hydrogens (tertiary/aromatic N) is 1. The lowest BCUT2D eigenvalue weighted by atomic mass is 10.1. The van der Waals surface area contributed by atoms with Crippen LogP contribution in [0.4, 0.5) is 4.39 Å². The maximum absolute atomic E-state index is 13.3. The summed E-state index contributed by atoms with van der Waals surface area (Å²) >= 11 is 0. The van der Waals surface area contributed by atoms with E-state index in [1.807, 2.05) is 0 Å². The predicted octanol–water partition coefficient (Wildman–Crippen LogP) is 0.301. The second-order valence-corrected chi connectivity index (χ2v) is 4.60. The molecule has 6 nitrogen and oxygen atoms in total. The lowest BCUT2D eigenvalue weighted by Gasteiger charge is -2.07. The van der Waals surface area contributed by atoms with Gasteiger partial charge in [-0.05, 0) is 24.1 Å². The van der Waals surface area contributed by atoms with Gasteiger partial charge in [-0.15, -0.1) is 0 Å². The average Bonchev–Trinajstić information content (AvgIpc) is 2.43. The summed E-state index contributed by atoms with van der Waals surface area (Å²) in [6, 6.07) is 5.85. The van der Waals surface area contributed by atoms with E-state index in [1.54, 1.807) is 19.1 Å². The topological polar surface area (TPSA) is 84.0 Å². The number of hydrogen-bond acceptors (Lipinski definition) is 3. The summed E-state index contributed by atoms with van der Waals surface area (Å²) < 4.78 is 14.4. The highest BCUT2D eigenvalue weighted by Gasteiger charge is 2.05. The molecule has 0 saturated carbocycles. The van der Waals surface area contributed by atoms with E-state index in [-0.39, 0.29) is 18.9 Å². The van der Waals surface area contributed by atoms with Crippen LogP contribution < -0.4 is 16.6 Å². The number of aromatic nitrogens is 2. The first kappa shape index (κ1) is 14.7. The van der Waals surface area contributed by atoms with Crippen molar-refractivity contribution in [1.29, 1.82) is 0 Å². The number of rotatable bonds is 4. The molecule has 0 saturated heterocycles. The zero-order valence-corrected chi connectivity index (χ0v) is 11.4. The van der Waals surface area contributed by atoms with E-state index in [9.17, 15) is 18.8 Å². The highest BCUT2D eigenvalue weighted by Crippen LogP contribution is 2.08. The predicted molar refractivity (Wildman–Crippen MR) is 74.3 cm³/mol. The Bertz CT molecular complexity index is 780. The van der Waals surface area contributed by atoms with Crippen molar-refractivity contribution in [3.05, 3.63) is 68.2 Å². The molecule has 2 N–H and O–H groups in total. The molecule has 1 amide bonds. The molecule has 2 rings (SSSR count). The van der Waals surface area contributed by atoms with Gasteiger partial charge in [-0.3, -0.25) is 19.1 Å². The monoisotopic (exact) mass is 291 g/mol. The van der Waals surface area contributed by atoms with Crippen LogP contribution in [0.25, 0.3) is 0 Å². The molecule has 0 spiro atoms. The number of benzene rings is 1. The van der Waals surface area contributed by atoms with E-state index in [0.29, 0.717) is 11.1 Å². The second kappa shape index (κ2) is 6.17. The highest BCUT2D eigenvalue weighted by atomic mass is 19.1. The zero-order valence-electron chi connectivity index (χ0n) is 11.4. The smallest absolute Gasteiger partial charge is 0.328 e. The van der Waals surface area contributed by atoms with E-state index < -0.39 is 17.2 Å². The van der Waals surface area contributed by atoms with Crippen molar-refractivity contribution in [2.75, 3.05) is 0 Å². The summed E-state index contributed by atoms with van der Waals surface area (Å²) in [5.74, 6) is -0.747. The SMILES string of the molecule is Cc1ccc(CNC(=O)Cn2ccc(=O)[nH]c2=O)cc1F. The van der Waals surface area contributed by atoms with Crippen LogP contribution in [0, 0.1) is 12.7 Å². The molecular weight excluding hydrogens is 277 g/mol. The number of carbonyl (C=O) groups is 1. The van der Waals surface area contributed by atoms with Crippen molar-refractivity contribution in [1.82, 2.24) is 14.9 Å². The van der Waals surface area contributed by atoms with Crippen LogP contribution in [0.3, 0.4) is 0 Å². The van der Waals surface area contributed by atoms with Crippen LogP contribution in [0.2, 0.25) is 0 Å². The van der Waals surface area contributed by atoms with E-state index in [0.717, 1.165) is 10.6 Å². The minimum absolute atomic E-state index is 0.161. The first-order valence-corrected chi connectivity index (χ1v) is 6.27. The molecule has 1 aromatic carbocycles. The molecule has 0 aliphatic heterocycles. The number of nitrogens with one attached hydrogen (secondary N) is 2. The average molecular weight is 291 g/mol. The van der Waals surface area contributed by atoms with Crippen LogP contribution in [0.5, 0.6) is 0 Å². The first-order valence-electron chi connectivity index (χ1n) is 6.27. The van der Waals surface area contributed by atoms with Crippen molar-refractivity contribution in [2.45, 2.75) is 20.0 Å². The molecule has 1 heterocycles. The molecule has 0 fully saturated rings. The Labute approximate surface area is 119 Å². The Kier molecular flexibility index (Phi) is 4.32. The lowest BCUT2D eigenvalue weighted by Crippen LogP contribution is -2.35. The quantitative estimate of drug-likeness (QED) is 0.850. The molecule has 7 heteroatoms. The Morgan fingerprint density at radius 1 is 1.33 bits per heavy atom. The zero-order chi connectivity index (χ0) is 15.4. The molecule has 0 atom stereocenters. The van der Waals surface area contributed by atoms with Crippen molar-refractivity contribution in [3.63, 3.8) is 0 Å². The maximum atomic E-state index is 13.3. The van der Waals surface area contributed by atoms with E-state index in [1.165, 1.54) is 12.3 Å². The Hall–Kier alpha value is -2.70. The fourth-order valence-corrected chi connectivity index (χ4v) is 1.73. The molecule has 1 aromatic heterocycles. The second-order valence-electron chi connectivity index (χ2n) is 4.60. The standard InChI is InChI=1S/C14H14FN3O3/c1-9-2-3-10(6-11(9)15)7-16-13(20)8-18-5-4-12(19)17-14(18)21/h2-6H,7-8H2,1H3,(H,16,20)(H,17,19,21). The number of carbonyl (C=O) groups excluding carboxylic acids is 1. The molecule has 110 valence electrons. The van der Waals surface area contributed by atoms with Gasteiger partial charge in [-0.25, -0.2) is 9.18 Å². The van der Waals surface area contributed by atoms with Gasteiger partial charge in [0.25, 0.3) is 5.56 Å². The molecule has 0 aliphatic rings. The third kappa shape index (κ3) is 3.88. The summed E-state index contributed by atoms with van der Waals surface area (Å²) in [6.45, 7) is 1.60. The fourth-order valence-electron chi connectivity index (χ4n) is 1.73. The Morgan fingerprint density at radius 3 is 2.76 bits per heavy atom. The third-order valence-corrected chi connectivity index (χ3v) is 2.94. The van der Waals surface area contributed by atoms with Crippen LogP contribution in [0.1, 0.15) is 11.1 Å². The number of hydrogen-bond donors (Lipinski definition) is 2. The normalized spacial score (nSPS) is 10.4. The molecule has 0 radical (unpaired) electrons. The summed E-state index contributed by atoms with van der Waals surface area (Å²) in [4.78, 5) is 36.1. The molecule has 0 bridgehead atoms. The summed E-state index contributed by atoms with van der Waals surface area (Å²) in [5, 5.41) is 2.58. The summed E-state index contributed by atoms with van der Waals surface area (Å²) in [6.07, 6.45) is 1.24. The van der Waals surface area contributed by atoms with Gasteiger partial charge in [0.1, 0.15) is 12.4 Å². The number of H-pyrrole nitrogens is 1. The van der Waals surface area contributed by atoms with Gasteiger partial charge in [-0.2, -0.15) is 0 Å². The number of aryl methyl sites for hydroxylation is 1. The minimum atomic E-state index is -0.654. The van der Waals surface area contributed by atoms with Gasteiger partial charge in [0, 0.05) is 18.8 Å². The van der Waals surface area contributed by atoms with Crippen LogP contribution in [-0.4, -0.2) is 15.5 Å². The Morgan fingerprint density at radius 2 is 2.10 bits per heavy atom. The minimum Gasteiger partial charge on any atom is -0.350 e. The molecular formula is C14H14FN3O3. The molecule has 21 heavy (non-hydrogen) atoms. The van der Waals surface area contributed by atoms with Crippen LogP contribution >= 0.6 is 0 Å². The Balaban J connectivity index is 1.97. The molecule has 2 aromatic rings.